The fraction of sp³-hybridized carbons (Fsp3) is 0.290. The molecule has 0 aromatic heterocycles. The Hall–Kier alpha value is -5.29. The minimum Gasteiger partial charge on any atom is -0.405 e. The third kappa shape index (κ3) is 8.13. The smallest absolute Gasteiger partial charge is 0.405 e. The molecule has 3 saturated heterocycles. The molecule has 0 amide bonds. The highest BCUT2D eigenvalue weighted by Gasteiger charge is 2.63. The summed E-state index contributed by atoms with van der Waals surface area (Å²) in [5.74, 6) is 0. The van der Waals surface area contributed by atoms with Crippen LogP contribution in [0.4, 0.5) is 0 Å². The fourth-order valence-corrected chi connectivity index (χ4v) is 10.9. The molecule has 0 radical (unpaired) electrons. The first-order valence-corrected chi connectivity index (χ1v) is 26.1. The van der Waals surface area contributed by atoms with Crippen LogP contribution in [0, 0.1) is 0 Å². The van der Waals surface area contributed by atoms with Gasteiger partial charge in [-0.25, -0.2) is 0 Å². The summed E-state index contributed by atoms with van der Waals surface area (Å²) in [4.78, 5) is 0. The number of hydrogen-bond acceptors (Lipinski definition) is 6. The van der Waals surface area contributed by atoms with Crippen LogP contribution >= 0.6 is 15.9 Å². The highest BCUT2D eigenvalue weighted by Crippen LogP contribution is 2.45. The van der Waals surface area contributed by atoms with Crippen LogP contribution in [0.3, 0.4) is 0 Å². The molecule has 0 aliphatic carbocycles. The lowest BCUT2D eigenvalue weighted by Crippen LogP contribution is -2.41. The number of hydrogen-bond donors (Lipinski definition) is 0. The lowest BCUT2D eigenvalue weighted by Gasteiger charge is -2.32. The molecular formula is C62H62B3BrO6. The Balaban J connectivity index is 0.000000122. The van der Waals surface area contributed by atoms with Crippen molar-refractivity contribution in [2.24, 2.45) is 0 Å². The minimum absolute atomic E-state index is 0.353. The summed E-state index contributed by atoms with van der Waals surface area (Å²) < 4.78 is 37.7. The molecule has 0 bridgehead atoms. The summed E-state index contributed by atoms with van der Waals surface area (Å²) in [5.41, 5.74) is -1.08. The summed E-state index contributed by atoms with van der Waals surface area (Å²) in [6.45, 7) is 24.6. The summed E-state index contributed by atoms with van der Waals surface area (Å²) in [6.07, 6.45) is 0. The Morgan fingerprint density at radius 1 is 0.292 bits per heavy atom. The summed E-state index contributed by atoms with van der Waals surface area (Å²) in [7, 11) is -1.32. The van der Waals surface area contributed by atoms with E-state index in [4.69, 9.17) is 27.9 Å². The molecule has 6 nitrogen and oxygen atoms in total. The van der Waals surface area contributed by atoms with E-state index in [1.807, 2.05) is 55.4 Å². The van der Waals surface area contributed by atoms with Crippen LogP contribution in [-0.2, 0) is 27.9 Å². The lowest BCUT2D eigenvalue weighted by atomic mass is 9.49. The van der Waals surface area contributed by atoms with Gasteiger partial charge in [-0.3, -0.25) is 0 Å². The average Bonchev–Trinajstić information content (AvgIpc) is 3.83. The van der Waals surface area contributed by atoms with Crippen LogP contribution in [0.15, 0.2) is 162 Å². The zero-order valence-electron chi connectivity index (χ0n) is 43.6. The van der Waals surface area contributed by atoms with Gasteiger partial charge in [-0.1, -0.05) is 162 Å². The zero-order valence-corrected chi connectivity index (χ0v) is 45.2. The molecule has 10 aromatic rings. The van der Waals surface area contributed by atoms with Crippen molar-refractivity contribution in [2.45, 2.75) is 117 Å². The van der Waals surface area contributed by atoms with Gasteiger partial charge in [0.25, 0.3) is 0 Å². The topological polar surface area (TPSA) is 55.4 Å². The van der Waals surface area contributed by atoms with Gasteiger partial charge in [-0.15, -0.1) is 0 Å². The van der Waals surface area contributed by atoms with Crippen LogP contribution < -0.4 is 5.46 Å². The van der Waals surface area contributed by atoms with Gasteiger partial charge in [0.05, 0.1) is 33.6 Å². The molecule has 0 N–H and O–H groups in total. The Kier molecular flexibility index (Phi) is 11.8. The summed E-state index contributed by atoms with van der Waals surface area (Å²) in [5, 5.41) is 20.8. The first kappa shape index (κ1) is 49.0. The molecule has 0 saturated carbocycles. The van der Waals surface area contributed by atoms with E-state index in [0.29, 0.717) is 0 Å². The predicted molar refractivity (Wildman–Crippen MR) is 309 cm³/mol. The molecule has 13 rings (SSSR count). The normalized spacial score (nSPS) is 19.4. The largest absolute Gasteiger partial charge is 0.494 e. The highest BCUT2D eigenvalue weighted by atomic mass is 79.9. The quantitative estimate of drug-likeness (QED) is 0.127. The maximum atomic E-state index is 6.35. The van der Waals surface area contributed by atoms with Crippen LogP contribution in [0.25, 0.3) is 86.2 Å². The number of fused-ring (bicyclic) bond motifs is 16. The molecule has 3 aliphatic heterocycles. The minimum atomic E-state index is -0.476. The van der Waals surface area contributed by atoms with Crippen molar-refractivity contribution in [3.05, 3.63) is 162 Å². The summed E-state index contributed by atoms with van der Waals surface area (Å²) in [6, 6.07) is 57.0. The Morgan fingerprint density at radius 3 is 1.01 bits per heavy atom. The van der Waals surface area contributed by atoms with E-state index in [-0.39, 0.29) is 40.7 Å². The zero-order chi connectivity index (χ0) is 50.8. The molecule has 362 valence electrons. The molecule has 0 unspecified atom stereocenters. The van der Waals surface area contributed by atoms with Crippen molar-refractivity contribution in [1.82, 2.24) is 0 Å². The van der Waals surface area contributed by atoms with Crippen LogP contribution in [0.5, 0.6) is 0 Å². The Bertz CT molecular complexity index is 3710. The van der Waals surface area contributed by atoms with Crippen LogP contribution in [0.1, 0.15) is 83.1 Å². The second kappa shape index (κ2) is 17.4. The molecule has 3 heterocycles. The molecule has 3 fully saturated rings. The average molecular weight is 1020 g/mol. The van der Waals surface area contributed by atoms with E-state index in [1.54, 1.807) is 0 Å². The maximum absolute atomic E-state index is 6.35. The third-order valence-corrected chi connectivity index (χ3v) is 17.2. The van der Waals surface area contributed by atoms with Gasteiger partial charge in [-0.05, 0) is 187 Å². The maximum Gasteiger partial charge on any atom is 0.494 e. The van der Waals surface area contributed by atoms with E-state index in [9.17, 15) is 0 Å². The Morgan fingerprint density at radius 2 is 0.597 bits per heavy atom. The van der Waals surface area contributed by atoms with E-state index in [2.05, 4.69) is 201 Å². The number of rotatable bonds is 2. The van der Waals surface area contributed by atoms with Crippen molar-refractivity contribution >= 4 is 129 Å². The molecule has 10 heteroatoms. The molecule has 10 aromatic carbocycles. The number of halogens is 1. The van der Waals surface area contributed by atoms with E-state index >= 15 is 0 Å². The van der Waals surface area contributed by atoms with Gasteiger partial charge in [0.15, 0.2) is 0 Å². The van der Waals surface area contributed by atoms with Gasteiger partial charge in [0.2, 0.25) is 0 Å². The molecule has 0 atom stereocenters. The fourth-order valence-electron chi connectivity index (χ4n) is 10.6. The van der Waals surface area contributed by atoms with Crippen molar-refractivity contribution in [3.63, 3.8) is 0 Å². The van der Waals surface area contributed by atoms with Crippen LogP contribution in [-0.4, -0.2) is 54.7 Å². The first-order chi connectivity index (χ1) is 34.1. The van der Waals surface area contributed by atoms with Gasteiger partial charge >= 0.3 is 21.1 Å². The lowest BCUT2D eigenvalue weighted by molar-refractivity contribution is 0.00578. The second-order valence-electron chi connectivity index (χ2n) is 22.8. The van der Waals surface area contributed by atoms with Crippen molar-refractivity contribution < 1.29 is 27.9 Å². The molecular weight excluding hydrogens is 953 g/mol. The van der Waals surface area contributed by atoms with Gasteiger partial charge in [0, 0.05) is 4.47 Å². The van der Waals surface area contributed by atoms with Crippen molar-refractivity contribution in [2.75, 3.05) is 0 Å². The predicted octanol–water partition coefficient (Wildman–Crippen LogP) is 15.9. The standard InChI is InChI=1S/C28H25BO2.C22H13Br.C12H24B2O4/c1-27(2)28(3,4)31-29(30-27)19-14-16-24-25(17-19)22-12-8-7-11-21(22)23-15-13-18-9-5-6-10-20(18)26(23)24;23-15-10-12-20-21(13-15)18-8-4-3-7-17(18)19-11-9-14-5-1-2-6-16(14)22(19)20;1-9(2)10(3,4)16-13(15-9)14-17-11(5,6)12(7,8)18-14/h5-17H,1-4H3;1-13H;1-8H3. The van der Waals surface area contributed by atoms with Gasteiger partial charge < -0.3 is 27.9 Å². The molecule has 72 heavy (non-hydrogen) atoms. The van der Waals surface area contributed by atoms with Crippen molar-refractivity contribution in [3.8, 4) is 0 Å². The molecule has 0 spiro atoms. The van der Waals surface area contributed by atoms with E-state index < -0.39 is 14.0 Å². The van der Waals surface area contributed by atoms with Crippen molar-refractivity contribution in [1.29, 1.82) is 0 Å². The SMILES string of the molecule is Brc1ccc2c(c1)c1ccccc1c1ccc3ccccc3c12.CC1(C)OB(B2OC(C)(C)C(C)(C)O2)OC1(C)C.CC1(C)OB(c2ccc3c(c2)c2ccccc2c2ccc4ccccc4c23)OC1(C)C. The van der Waals surface area contributed by atoms with E-state index in [1.165, 1.54) is 86.2 Å². The third-order valence-electron chi connectivity index (χ3n) is 16.7. The van der Waals surface area contributed by atoms with Gasteiger partial charge in [-0.2, -0.15) is 0 Å². The van der Waals surface area contributed by atoms with E-state index in [0.717, 1.165) is 9.94 Å². The highest BCUT2D eigenvalue weighted by molar-refractivity contribution is 9.10. The Labute approximate surface area is 433 Å². The molecule has 3 aliphatic rings. The van der Waals surface area contributed by atoms with Gasteiger partial charge in [0.1, 0.15) is 0 Å². The number of benzene rings is 10. The summed E-state index contributed by atoms with van der Waals surface area (Å²) >= 11 is 3.63. The first-order valence-electron chi connectivity index (χ1n) is 25.3. The van der Waals surface area contributed by atoms with Crippen LogP contribution in [0.2, 0.25) is 0 Å². The second-order valence-corrected chi connectivity index (χ2v) is 23.8. The monoisotopic (exact) mass is 1010 g/mol.